The van der Waals surface area contributed by atoms with Crippen molar-refractivity contribution in [3.8, 4) is 5.75 Å². The van der Waals surface area contributed by atoms with Gasteiger partial charge in [-0.3, -0.25) is 0 Å². The first-order valence-electron chi connectivity index (χ1n) is 6.56. The van der Waals surface area contributed by atoms with Crippen LogP contribution in [-0.2, 0) is 6.42 Å². The highest BCUT2D eigenvalue weighted by Gasteiger charge is 2.04. The molecule has 0 heterocycles. The summed E-state index contributed by atoms with van der Waals surface area (Å²) in [6.45, 7) is 0.815. The minimum Gasteiger partial charge on any atom is -0.497 e. The monoisotopic (exact) mass is 320 g/mol. The average molecular weight is 321 g/mol. The highest BCUT2D eigenvalue weighted by molar-refractivity contribution is 7.80. The Kier molecular flexibility index (Phi) is 5.42. The van der Waals surface area contributed by atoms with Gasteiger partial charge in [-0.15, -0.1) is 0 Å². The lowest BCUT2D eigenvalue weighted by Gasteiger charge is -2.09. The van der Waals surface area contributed by atoms with Crippen molar-refractivity contribution in [3.63, 3.8) is 0 Å². The van der Waals surface area contributed by atoms with Crippen molar-refractivity contribution in [2.75, 3.05) is 19.0 Å². The van der Waals surface area contributed by atoms with Crippen LogP contribution < -0.4 is 15.8 Å². The number of anilines is 1. The van der Waals surface area contributed by atoms with Crippen molar-refractivity contribution < 1.29 is 4.74 Å². The predicted molar refractivity (Wildman–Crippen MR) is 92.5 cm³/mol. The number of ether oxygens (including phenoxy) is 1. The number of methoxy groups -OCH3 is 1. The lowest BCUT2D eigenvalue weighted by Crippen LogP contribution is -2.10. The quantitative estimate of drug-likeness (QED) is 0.798. The minimum absolute atomic E-state index is 0.310. The van der Waals surface area contributed by atoms with Crippen molar-refractivity contribution in [3.05, 3.63) is 58.6 Å². The van der Waals surface area contributed by atoms with Gasteiger partial charge in [0.2, 0.25) is 0 Å². The van der Waals surface area contributed by atoms with Gasteiger partial charge in [0.25, 0.3) is 0 Å². The fourth-order valence-electron chi connectivity index (χ4n) is 1.97. The van der Waals surface area contributed by atoms with E-state index >= 15 is 0 Å². The van der Waals surface area contributed by atoms with E-state index in [0.29, 0.717) is 15.6 Å². The number of benzene rings is 2. The van der Waals surface area contributed by atoms with Gasteiger partial charge in [0.15, 0.2) is 0 Å². The highest BCUT2D eigenvalue weighted by atomic mass is 35.5. The van der Waals surface area contributed by atoms with Gasteiger partial charge in [-0.2, -0.15) is 0 Å². The number of thiocarbonyl (C=S) groups is 1. The summed E-state index contributed by atoms with van der Waals surface area (Å²) in [7, 11) is 1.66. The van der Waals surface area contributed by atoms with E-state index in [1.807, 2.05) is 30.3 Å². The fraction of sp³-hybridized carbons (Fsp3) is 0.188. The fourth-order valence-corrected chi connectivity index (χ4v) is 2.48. The first kappa shape index (κ1) is 15.6. The molecule has 3 nitrogen and oxygen atoms in total. The van der Waals surface area contributed by atoms with Crippen molar-refractivity contribution in [2.24, 2.45) is 5.73 Å². The number of halogens is 1. The van der Waals surface area contributed by atoms with Gasteiger partial charge in [0.1, 0.15) is 10.7 Å². The molecule has 0 radical (unpaired) electrons. The molecule has 2 rings (SSSR count). The molecule has 110 valence electrons. The molecule has 5 heteroatoms. The Morgan fingerprint density at radius 1 is 1.24 bits per heavy atom. The molecule has 0 aliphatic heterocycles. The summed E-state index contributed by atoms with van der Waals surface area (Å²) >= 11 is 11.1. The summed E-state index contributed by atoms with van der Waals surface area (Å²) in [5, 5.41) is 3.90. The van der Waals surface area contributed by atoms with Crippen LogP contribution in [0.2, 0.25) is 5.02 Å². The highest BCUT2D eigenvalue weighted by Crippen LogP contribution is 2.21. The molecule has 0 atom stereocenters. The van der Waals surface area contributed by atoms with Gasteiger partial charge in [-0.05, 0) is 42.3 Å². The van der Waals surface area contributed by atoms with Gasteiger partial charge < -0.3 is 15.8 Å². The second kappa shape index (κ2) is 7.29. The second-order valence-corrected chi connectivity index (χ2v) is 5.43. The Hall–Kier alpha value is -1.78. The van der Waals surface area contributed by atoms with Crippen LogP contribution in [0.4, 0.5) is 5.69 Å². The second-order valence-electron chi connectivity index (χ2n) is 4.58. The smallest absolute Gasteiger partial charge is 0.118 e. The van der Waals surface area contributed by atoms with Crippen LogP contribution in [0, 0.1) is 0 Å². The average Bonchev–Trinajstić information content (AvgIpc) is 2.47. The van der Waals surface area contributed by atoms with Crippen LogP contribution in [-0.4, -0.2) is 18.6 Å². The summed E-state index contributed by atoms with van der Waals surface area (Å²) in [5.74, 6) is 0.867. The van der Waals surface area contributed by atoms with E-state index in [2.05, 4.69) is 17.4 Å². The Morgan fingerprint density at radius 3 is 2.52 bits per heavy atom. The molecule has 0 bridgehead atoms. The molecule has 3 N–H and O–H groups in total. The molecule has 0 unspecified atom stereocenters. The third kappa shape index (κ3) is 4.34. The van der Waals surface area contributed by atoms with Gasteiger partial charge in [-0.1, -0.05) is 36.0 Å². The normalized spacial score (nSPS) is 10.2. The molecule has 0 spiro atoms. The maximum absolute atomic E-state index is 6.13. The Balaban J connectivity index is 1.91. The van der Waals surface area contributed by atoms with Gasteiger partial charge in [0.05, 0.1) is 12.1 Å². The topological polar surface area (TPSA) is 47.3 Å². The van der Waals surface area contributed by atoms with Crippen molar-refractivity contribution >= 4 is 34.5 Å². The Labute approximate surface area is 135 Å². The maximum Gasteiger partial charge on any atom is 0.118 e. The van der Waals surface area contributed by atoms with Crippen LogP contribution in [0.5, 0.6) is 5.75 Å². The summed E-state index contributed by atoms with van der Waals surface area (Å²) in [6.07, 6.45) is 0.915. The third-order valence-corrected chi connectivity index (χ3v) is 3.67. The zero-order chi connectivity index (χ0) is 15.2. The molecular weight excluding hydrogens is 304 g/mol. The summed E-state index contributed by atoms with van der Waals surface area (Å²) in [4.78, 5) is 0.310. The molecule has 2 aromatic rings. The van der Waals surface area contributed by atoms with Gasteiger partial charge in [0, 0.05) is 17.8 Å². The number of rotatable bonds is 6. The number of hydrogen-bond donors (Lipinski definition) is 2. The number of nitrogens with one attached hydrogen (secondary N) is 1. The Bertz CT molecular complexity index is 629. The zero-order valence-corrected chi connectivity index (χ0v) is 13.3. The maximum atomic E-state index is 6.13. The SMILES string of the molecule is COc1ccc(CCNc2ccc(C(N)=S)c(Cl)c2)cc1. The van der Waals surface area contributed by atoms with E-state index in [-0.39, 0.29) is 0 Å². The Morgan fingerprint density at radius 2 is 1.95 bits per heavy atom. The first-order chi connectivity index (χ1) is 10.1. The molecular formula is C16H17ClN2OS. The van der Waals surface area contributed by atoms with Crippen LogP contribution in [0.1, 0.15) is 11.1 Å². The summed E-state index contributed by atoms with van der Waals surface area (Å²) < 4.78 is 5.14. The molecule has 0 aliphatic carbocycles. The van der Waals surface area contributed by atoms with Crippen molar-refractivity contribution in [2.45, 2.75) is 6.42 Å². The molecule has 0 saturated heterocycles. The lowest BCUT2D eigenvalue weighted by molar-refractivity contribution is 0.414. The minimum atomic E-state index is 0.310. The predicted octanol–water partition coefficient (Wildman–Crippen LogP) is 3.64. The van der Waals surface area contributed by atoms with E-state index < -0.39 is 0 Å². The van der Waals surface area contributed by atoms with E-state index in [1.54, 1.807) is 7.11 Å². The molecule has 21 heavy (non-hydrogen) atoms. The van der Waals surface area contributed by atoms with Crippen molar-refractivity contribution in [1.29, 1.82) is 0 Å². The first-order valence-corrected chi connectivity index (χ1v) is 7.35. The standard InChI is InChI=1S/C16H17ClN2OS/c1-20-13-5-2-11(3-6-13)8-9-19-12-4-7-14(16(18)21)15(17)10-12/h2-7,10,19H,8-9H2,1H3,(H2,18,21). The van der Waals surface area contributed by atoms with E-state index in [1.165, 1.54) is 5.56 Å². The van der Waals surface area contributed by atoms with E-state index in [4.69, 9.17) is 34.3 Å². The van der Waals surface area contributed by atoms with Crippen LogP contribution in [0.3, 0.4) is 0 Å². The molecule has 0 aliphatic rings. The molecule has 0 saturated carbocycles. The molecule has 0 amide bonds. The van der Waals surface area contributed by atoms with Gasteiger partial charge in [-0.25, -0.2) is 0 Å². The molecule has 2 aromatic carbocycles. The number of nitrogens with two attached hydrogens (primary N) is 1. The van der Waals surface area contributed by atoms with Crippen LogP contribution in [0.25, 0.3) is 0 Å². The lowest BCUT2D eigenvalue weighted by atomic mass is 10.1. The summed E-state index contributed by atoms with van der Waals surface area (Å²) in [6, 6.07) is 13.6. The van der Waals surface area contributed by atoms with E-state index in [9.17, 15) is 0 Å². The molecule has 0 fully saturated rings. The van der Waals surface area contributed by atoms with Crippen LogP contribution in [0.15, 0.2) is 42.5 Å². The summed E-state index contributed by atoms with van der Waals surface area (Å²) in [5.41, 5.74) is 8.48. The van der Waals surface area contributed by atoms with Crippen LogP contribution >= 0.6 is 23.8 Å². The number of hydrogen-bond acceptors (Lipinski definition) is 3. The zero-order valence-electron chi connectivity index (χ0n) is 11.7. The van der Waals surface area contributed by atoms with E-state index in [0.717, 1.165) is 24.4 Å². The largest absolute Gasteiger partial charge is 0.497 e. The third-order valence-electron chi connectivity index (χ3n) is 3.14. The van der Waals surface area contributed by atoms with Crippen molar-refractivity contribution in [1.82, 2.24) is 0 Å². The van der Waals surface area contributed by atoms with Gasteiger partial charge >= 0.3 is 0 Å². The molecule has 0 aromatic heterocycles.